The minimum atomic E-state index is -0.938. The van der Waals surface area contributed by atoms with E-state index < -0.39 is 23.7 Å². The summed E-state index contributed by atoms with van der Waals surface area (Å²) in [5.41, 5.74) is 3.09. The number of esters is 1. The Morgan fingerprint density at radius 2 is 1.79 bits per heavy atom. The standard InChI is InChI=1S/C29H30N2O6S/c1-6-14-37-20-12-13-21(17(4)15-20)24(32)22-23(19-10-8-16(3)9-11-19)31(27(34)25(22)33)29-30-18(5)26(38-29)28(35)36-7-2/h8-13,15,23,32H,6-7,14H2,1-5H3/b24-22-. The summed E-state index contributed by atoms with van der Waals surface area (Å²) in [5, 5.41) is 11.7. The predicted octanol–water partition coefficient (Wildman–Crippen LogP) is 5.66. The van der Waals surface area contributed by atoms with E-state index in [9.17, 15) is 19.5 Å². The zero-order valence-electron chi connectivity index (χ0n) is 22.0. The molecule has 1 aliphatic heterocycles. The second-order valence-corrected chi connectivity index (χ2v) is 10.0. The van der Waals surface area contributed by atoms with Crippen LogP contribution in [0.25, 0.3) is 5.76 Å². The van der Waals surface area contributed by atoms with Crippen molar-refractivity contribution in [1.29, 1.82) is 0 Å². The number of thiazole rings is 1. The van der Waals surface area contributed by atoms with Crippen LogP contribution in [0.5, 0.6) is 5.75 Å². The first kappa shape index (κ1) is 27.1. The number of Topliss-reactive ketones (excluding diaryl/α,β-unsaturated/α-hetero) is 1. The molecule has 1 unspecified atom stereocenters. The molecule has 0 bridgehead atoms. The van der Waals surface area contributed by atoms with E-state index in [0.717, 1.165) is 23.3 Å². The molecule has 1 saturated heterocycles. The molecule has 1 N–H and O–H groups in total. The second kappa shape index (κ2) is 11.2. The van der Waals surface area contributed by atoms with Gasteiger partial charge in [0.05, 0.1) is 30.5 Å². The van der Waals surface area contributed by atoms with Gasteiger partial charge in [0.25, 0.3) is 5.78 Å². The van der Waals surface area contributed by atoms with Crippen molar-refractivity contribution in [2.75, 3.05) is 18.1 Å². The molecule has 38 heavy (non-hydrogen) atoms. The van der Waals surface area contributed by atoms with Gasteiger partial charge in [0, 0.05) is 5.56 Å². The summed E-state index contributed by atoms with van der Waals surface area (Å²) < 4.78 is 10.8. The number of carbonyl (C=O) groups is 3. The minimum Gasteiger partial charge on any atom is -0.507 e. The first-order valence-corrected chi connectivity index (χ1v) is 13.2. The molecular weight excluding hydrogens is 504 g/mol. The van der Waals surface area contributed by atoms with Crippen LogP contribution >= 0.6 is 11.3 Å². The summed E-state index contributed by atoms with van der Waals surface area (Å²) in [4.78, 5) is 45.3. The molecule has 0 spiro atoms. The number of aryl methyl sites for hydroxylation is 3. The molecule has 1 amide bonds. The third-order valence-electron chi connectivity index (χ3n) is 6.22. The number of anilines is 1. The van der Waals surface area contributed by atoms with Crippen molar-refractivity contribution in [3.63, 3.8) is 0 Å². The van der Waals surface area contributed by atoms with E-state index in [1.165, 1.54) is 4.90 Å². The van der Waals surface area contributed by atoms with Crippen molar-refractivity contribution in [3.05, 3.63) is 80.9 Å². The molecule has 198 valence electrons. The molecule has 0 radical (unpaired) electrons. The normalized spacial score (nSPS) is 16.7. The van der Waals surface area contributed by atoms with Crippen LogP contribution < -0.4 is 9.64 Å². The van der Waals surface area contributed by atoms with Gasteiger partial charge >= 0.3 is 11.9 Å². The first-order chi connectivity index (χ1) is 18.2. The number of rotatable bonds is 8. The third-order valence-corrected chi connectivity index (χ3v) is 7.35. The quantitative estimate of drug-likeness (QED) is 0.172. The third kappa shape index (κ3) is 5.06. The van der Waals surface area contributed by atoms with Crippen LogP contribution in [0.4, 0.5) is 5.13 Å². The number of nitrogens with zero attached hydrogens (tertiary/aromatic N) is 2. The van der Waals surface area contributed by atoms with Crippen LogP contribution in [-0.2, 0) is 14.3 Å². The van der Waals surface area contributed by atoms with Gasteiger partial charge in [-0.05, 0) is 63.4 Å². The summed E-state index contributed by atoms with van der Waals surface area (Å²) in [6.45, 7) is 9.86. The highest BCUT2D eigenvalue weighted by Crippen LogP contribution is 2.44. The number of benzene rings is 2. The monoisotopic (exact) mass is 534 g/mol. The molecule has 1 fully saturated rings. The number of carbonyl (C=O) groups excluding carboxylic acids is 3. The number of ether oxygens (including phenoxy) is 2. The average Bonchev–Trinajstić information content (AvgIpc) is 3.39. The van der Waals surface area contributed by atoms with E-state index in [1.807, 2.05) is 38.1 Å². The predicted molar refractivity (Wildman–Crippen MR) is 146 cm³/mol. The second-order valence-electron chi connectivity index (χ2n) is 9.04. The van der Waals surface area contributed by atoms with E-state index >= 15 is 0 Å². The summed E-state index contributed by atoms with van der Waals surface area (Å²) in [6, 6.07) is 11.6. The number of ketones is 1. The summed E-state index contributed by atoms with van der Waals surface area (Å²) in [5.74, 6) is -1.83. The number of aliphatic hydroxyl groups excluding tert-OH is 1. The van der Waals surface area contributed by atoms with Gasteiger partial charge in [-0.3, -0.25) is 14.5 Å². The molecule has 0 aliphatic carbocycles. The zero-order valence-corrected chi connectivity index (χ0v) is 22.8. The number of hydrogen-bond donors (Lipinski definition) is 1. The number of hydrogen-bond acceptors (Lipinski definition) is 8. The highest BCUT2D eigenvalue weighted by molar-refractivity contribution is 7.17. The van der Waals surface area contributed by atoms with Gasteiger partial charge in [-0.15, -0.1) is 0 Å². The highest BCUT2D eigenvalue weighted by Gasteiger charge is 2.48. The number of amides is 1. The molecule has 2 heterocycles. The van der Waals surface area contributed by atoms with Crippen LogP contribution in [-0.4, -0.2) is 41.0 Å². The van der Waals surface area contributed by atoms with Crippen molar-refractivity contribution < 1.29 is 29.0 Å². The van der Waals surface area contributed by atoms with Gasteiger partial charge in [0.2, 0.25) is 0 Å². The highest BCUT2D eigenvalue weighted by atomic mass is 32.1. The average molecular weight is 535 g/mol. The van der Waals surface area contributed by atoms with E-state index in [1.54, 1.807) is 39.0 Å². The van der Waals surface area contributed by atoms with E-state index in [4.69, 9.17) is 9.47 Å². The lowest BCUT2D eigenvalue weighted by Crippen LogP contribution is -2.29. The van der Waals surface area contributed by atoms with E-state index in [-0.39, 0.29) is 27.9 Å². The van der Waals surface area contributed by atoms with Crippen LogP contribution in [0.3, 0.4) is 0 Å². The lowest BCUT2D eigenvalue weighted by atomic mass is 9.93. The molecule has 3 aromatic rings. The SMILES string of the molecule is CCCOc1ccc(/C(O)=C2/C(=O)C(=O)N(c3nc(C)c(C(=O)OCC)s3)C2c2ccc(C)cc2)c(C)c1. The van der Waals surface area contributed by atoms with E-state index in [0.29, 0.717) is 34.7 Å². The zero-order chi connectivity index (χ0) is 27.6. The molecule has 1 aliphatic rings. The van der Waals surface area contributed by atoms with Gasteiger partial charge in [0.15, 0.2) is 5.13 Å². The maximum atomic E-state index is 13.5. The molecule has 1 aromatic heterocycles. The largest absolute Gasteiger partial charge is 0.507 e. The molecule has 4 rings (SSSR count). The maximum absolute atomic E-state index is 13.5. The Kier molecular flexibility index (Phi) is 7.97. The fourth-order valence-electron chi connectivity index (χ4n) is 4.32. The van der Waals surface area contributed by atoms with Gasteiger partial charge in [-0.2, -0.15) is 0 Å². The number of aromatic nitrogens is 1. The maximum Gasteiger partial charge on any atom is 0.350 e. The number of aliphatic hydroxyl groups is 1. The Labute approximate surface area is 225 Å². The van der Waals surface area contributed by atoms with Crippen molar-refractivity contribution in [2.45, 2.75) is 47.1 Å². The Morgan fingerprint density at radius 1 is 1.08 bits per heavy atom. The van der Waals surface area contributed by atoms with E-state index in [2.05, 4.69) is 4.98 Å². The van der Waals surface area contributed by atoms with Crippen molar-refractivity contribution in [3.8, 4) is 5.75 Å². The fraction of sp³-hybridized carbons (Fsp3) is 0.310. The molecule has 0 saturated carbocycles. The smallest absolute Gasteiger partial charge is 0.350 e. The Hall–Kier alpha value is -3.98. The lowest BCUT2D eigenvalue weighted by molar-refractivity contribution is -0.132. The molecule has 1 atom stereocenters. The molecular formula is C29H30N2O6S. The molecule has 9 heteroatoms. The molecule has 2 aromatic carbocycles. The Balaban J connectivity index is 1.87. The summed E-state index contributed by atoms with van der Waals surface area (Å²) in [7, 11) is 0. The van der Waals surface area contributed by atoms with Crippen LogP contribution in [0.2, 0.25) is 0 Å². The van der Waals surface area contributed by atoms with Crippen molar-refractivity contribution >= 4 is 39.9 Å². The van der Waals surface area contributed by atoms with Gasteiger partial charge in [0.1, 0.15) is 16.4 Å². The summed E-state index contributed by atoms with van der Waals surface area (Å²) >= 11 is 0.981. The van der Waals surface area contributed by atoms with Gasteiger partial charge < -0.3 is 14.6 Å². The molecule has 8 nitrogen and oxygen atoms in total. The van der Waals surface area contributed by atoms with Gasteiger partial charge in [-0.25, -0.2) is 9.78 Å². The fourth-order valence-corrected chi connectivity index (χ4v) is 5.31. The lowest BCUT2D eigenvalue weighted by Gasteiger charge is -2.23. The van der Waals surface area contributed by atoms with Crippen molar-refractivity contribution in [1.82, 2.24) is 4.98 Å². The minimum absolute atomic E-state index is 0.0466. The topological polar surface area (TPSA) is 106 Å². The Morgan fingerprint density at radius 3 is 2.42 bits per heavy atom. The first-order valence-electron chi connectivity index (χ1n) is 12.4. The van der Waals surface area contributed by atoms with Crippen LogP contribution in [0.1, 0.15) is 63.9 Å². The summed E-state index contributed by atoms with van der Waals surface area (Å²) in [6.07, 6.45) is 0.856. The van der Waals surface area contributed by atoms with Crippen LogP contribution in [0.15, 0.2) is 48.0 Å². The van der Waals surface area contributed by atoms with Crippen LogP contribution in [0, 0.1) is 20.8 Å². The Bertz CT molecular complexity index is 1420. The van der Waals surface area contributed by atoms with Crippen molar-refractivity contribution in [2.24, 2.45) is 0 Å². The van der Waals surface area contributed by atoms with Gasteiger partial charge in [-0.1, -0.05) is 48.1 Å².